The van der Waals surface area contributed by atoms with Gasteiger partial charge in [-0.05, 0) is 51.6 Å². The molecule has 0 spiro atoms. The minimum Gasteiger partial charge on any atom is -0.459 e. The Kier molecular flexibility index (Phi) is 44.3. The number of nitrogens with one attached hydrogen (secondary N) is 1. The number of unbranched alkanes of at least 4 members (excludes halogenated alkanes) is 27. The number of ether oxygens (including phenoxy) is 3. The fraction of sp³-hybridized carbons (Fsp3) is 0.980. The van der Waals surface area contributed by atoms with Gasteiger partial charge in [0.25, 0.3) is 0 Å². The summed E-state index contributed by atoms with van der Waals surface area (Å²) < 4.78 is 19.6. The van der Waals surface area contributed by atoms with Crippen LogP contribution in [0.3, 0.4) is 0 Å². The highest BCUT2D eigenvalue weighted by molar-refractivity contribution is 5.72. The molecule has 0 aromatic heterocycles. The van der Waals surface area contributed by atoms with E-state index in [0.29, 0.717) is 13.2 Å². The molecule has 2 unspecified atom stereocenters. The molecule has 0 saturated carbocycles. The summed E-state index contributed by atoms with van der Waals surface area (Å²) in [5, 5.41) is 3.54. The highest BCUT2D eigenvalue weighted by Gasteiger charge is 2.25. The van der Waals surface area contributed by atoms with Gasteiger partial charge in [-0.2, -0.15) is 0 Å². The molecule has 6 heteroatoms. The summed E-state index contributed by atoms with van der Waals surface area (Å²) in [5.41, 5.74) is 0. The van der Waals surface area contributed by atoms with E-state index in [-0.39, 0.29) is 18.0 Å². The smallest absolute Gasteiger partial charge is 0.309 e. The molecule has 0 rings (SSSR count). The number of quaternary nitrogens is 1. The first kappa shape index (κ1) is 56.3. The Balaban J connectivity index is 4.63. The quantitative estimate of drug-likeness (QED) is 0.0377. The summed E-state index contributed by atoms with van der Waals surface area (Å²) in [7, 11) is 4.51. The van der Waals surface area contributed by atoms with Crippen LogP contribution in [0.15, 0.2) is 0 Å². The number of likely N-dealkylation sites (N-methyl/N-ethyl adjacent to an activating group) is 1. The van der Waals surface area contributed by atoms with Crippen molar-refractivity contribution in [2.45, 2.75) is 252 Å². The van der Waals surface area contributed by atoms with Gasteiger partial charge in [0, 0.05) is 13.2 Å². The lowest BCUT2D eigenvalue weighted by Crippen LogP contribution is -2.49. The van der Waals surface area contributed by atoms with Crippen LogP contribution in [-0.4, -0.2) is 83.3 Å². The number of hydrogen-bond acceptors (Lipinski definition) is 5. The average Bonchev–Trinajstić information content (AvgIpc) is 3.19. The second-order valence-electron chi connectivity index (χ2n) is 18.5. The van der Waals surface area contributed by atoms with E-state index < -0.39 is 0 Å². The lowest BCUT2D eigenvalue weighted by molar-refractivity contribution is -0.893. The number of hydrogen-bond donors (Lipinski definition) is 1. The molecule has 0 aliphatic carbocycles. The fourth-order valence-electron chi connectivity index (χ4n) is 8.03. The van der Waals surface area contributed by atoms with Crippen molar-refractivity contribution in [2.75, 3.05) is 66.7 Å². The van der Waals surface area contributed by atoms with Crippen LogP contribution >= 0.6 is 0 Å². The van der Waals surface area contributed by atoms with E-state index in [2.05, 4.69) is 47.1 Å². The maximum atomic E-state index is 13.2. The van der Waals surface area contributed by atoms with E-state index in [1.54, 1.807) is 0 Å². The van der Waals surface area contributed by atoms with Crippen molar-refractivity contribution in [1.82, 2.24) is 5.32 Å². The van der Waals surface area contributed by atoms with Crippen LogP contribution in [0.25, 0.3) is 0 Å². The highest BCUT2D eigenvalue weighted by atomic mass is 16.5. The number of rotatable bonds is 48. The van der Waals surface area contributed by atoms with Crippen LogP contribution in [0.5, 0.6) is 0 Å². The maximum absolute atomic E-state index is 13.2. The van der Waals surface area contributed by atoms with Crippen molar-refractivity contribution in [3.05, 3.63) is 0 Å². The normalized spacial score (nSPS) is 13.0. The first-order chi connectivity index (χ1) is 27.9. The molecule has 0 aromatic rings. The third-order valence-corrected chi connectivity index (χ3v) is 12.0. The molecule has 0 saturated heterocycles. The molecule has 0 heterocycles. The largest absolute Gasteiger partial charge is 0.459 e. The van der Waals surface area contributed by atoms with Gasteiger partial charge in [0.1, 0.15) is 25.8 Å². The van der Waals surface area contributed by atoms with E-state index in [0.717, 1.165) is 82.4 Å². The maximum Gasteiger partial charge on any atom is 0.309 e. The predicted octanol–water partition coefficient (Wildman–Crippen LogP) is 14.6. The van der Waals surface area contributed by atoms with Crippen LogP contribution in [0, 0.1) is 5.92 Å². The molecule has 57 heavy (non-hydrogen) atoms. The van der Waals surface area contributed by atoms with Crippen molar-refractivity contribution in [3.8, 4) is 0 Å². The summed E-state index contributed by atoms with van der Waals surface area (Å²) in [6.07, 6.45) is 44.4. The molecular weight excluding hydrogens is 705 g/mol. The Morgan fingerprint density at radius 1 is 0.474 bits per heavy atom. The molecule has 342 valence electrons. The van der Waals surface area contributed by atoms with E-state index in [4.69, 9.17) is 14.2 Å². The minimum atomic E-state index is 0.0102. The van der Waals surface area contributed by atoms with Gasteiger partial charge in [-0.3, -0.25) is 4.79 Å². The third kappa shape index (κ3) is 41.8. The molecule has 0 bridgehead atoms. The van der Waals surface area contributed by atoms with Gasteiger partial charge in [0.05, 0.1) is 26.6 Å². The number of nitrogens with zero attached hydrogens (tertiary/aromatic N) is 1. The first-order valence-corrected chi connectivity index (χ1v) is 25.8. The molecule has 2 atom stereocenters. The van der Waals surface area contributed by atoms with Crippen LogP contribution < -0.4 is 5.32 Å². The zero-order valence-corrected chi connectivity index (χ0v) is 39.9. The van der Waals surface area contributed by atoms with Gasteiger partial charge in [-0.25, -0.2) is 0 Å². The summed E-state index contributed by atoms with van der Waals surface area (Å²) in [4.78, 5) is 13.2. The lowest BCUT2D eigenvalue weighted by atomic mass is 9.96. The molecule has 0 radical (unpaired) electrons. The second kappa shape index (κ2) is 44.9. The van der Waals surface area contributed by atoms with Crippen molar-refractivity contribution < 1.29 is 23.5 Å². The Hall–Kier alpha value is -0.690. The molecular formula is C51H105N2O4+. The number of carbonyl (C=O) groups excluding carboxylic acids is 1. The standard InChI is InChI=1S/C51H105N2O4/c1-7-11-15-17-19-21-23-25-27-29-31-33-36-44-55-48-50(56-45-37-34-32-30-28-26-24-22-20-18-16-12-8-2)47-53(5,6)43-46-57-51(54)49(39-35-13-9-3)40-38-42-52-41-14-10-4/h49-50,52H,7-48H2,1-6H3/q+1. The van der Waals surface area contributed by atoms with Gasteiger partial charge < -0.3 is 24.0 Å². The van der Waals surface area contributed by atoms with Gasteiger partial charge in [0.2, 0.25) is 0 Å². The monoisotopic (exact) mass is 810 g/mol. The Morgan fingerprint density at radius 2 is 0.877 bits per heavy atom. The van der Waals surface area contributed by atoms with Gasteiger partial charge in [-0.15, -0.1) is 0 Å². The third-order valence-electron chi connectivity index (χ3n) is 12.0. The topological polar surface area (TPSA) is 56.8 Å². The van der Waals surface area contributed by atoms with Crippen LogP contribution in [0.2, 0.25) is 0 Å². The van der Waals surface area contributed by atoms with Gasteiger partial charge in [0.15, 0.2) is 0 Å². The van der Waals surface area contributed by atoms with Gasteiger partial charge in [-0.1, -0.05) is 207 Å². The zero-order chi connectivity index (χ0) is 41.8. The Labute approximate surface area is 358 Å². The predicted molar refractivity (Wildman–Crippen MR) is 249 cm³/mol. The fourth-order valence-corrected chi connectivity index (χ4v) is 8.03. The first-order valence-electron chi connectivity index (χ1n) is 25.8. The van der Waals surface area contributed by atoms with E-state index >= 15 is 0 Å². The van der Waals surface area contributed by atoms with Gasteiger partial charge >= 0.3 is 5.97 Å². The number of esters is 1. The van der Waals surface area contributed by atoms with E-state index in [1.165, 1.54) is 180 Å². The van der Waals surface area contributed by atoms with Crippen molar-refractivity contribution in [3.63, 3.8) is 0 Å². The van der Waals surface area contributed by atoms with Crippen molar-refractivity contribution >= 4 is 5.97 Å². The summed E-state index contributed by atoms with van der Waals surface area (Å²) >= 11 is 0. The second-order valence-corrected chi connectivity index (χ2v) is 18.5. The molecule has 0 aromatic carbocycles. The van der Waals surface area contributed by atoms with Crippen molar-refractivity contribution in [2.24, 2.45) is 5.92 Å². The zero-order valence-electron chi connectivity index (χ0n) is 39.9. The lowest BCUT2D eigenvalue weighted by Gasteiger charge is -2.33. The SMILES string of the molecule is CCCCCCCCCCCCCCCOCC(C[N+](C)(C)CCOC(=O)C(CCCCC)CCCNCCCC)OCCCCCCCCCCCCCCC. The highest BCUT2D eigenvalue weighted by Crippen LogP contribution is 2.19. The van der Waals surface area contributed by atoms with Crippen LogP contribution in [-0.2, 0) is 19.0 Å². The Morgan fingerprint density at radius 3 is 1.37 bits per heavy atom. The summed E-state index contributed by atoms with van der Waals surface area (Å²) in [6, 6.07) is 0. The summed E-state index contributed by atoms with van der Waals surface area (Å²) in [6.45, 7) is 15.5. The molecule has 0 aliphatic rings. The number of carbonyl (C=O) groups is 1. The minimum absolute atomic E-state index is 0.0102. The molecule has 0 fully saturated rings. The summed E-state index contributed by atoms with van der Waals surface area (Å²) in [5.74, 6) is 0.0334. The average molecular weight is 810 g/mol. The molecule has 6 nitrogen and oxygen atoms in total. The van der Waals surface area contributed by atoms with Crippen LogP contribution in [0.1, 0.15) is 246 Å². The van der Waals surface area contributed by atoms with E-state index in [9.17, 15) is 4.79 Å². The molecule has 0 amide bonds. The van der Waals surface area contributed by atoms with Crippen molar-refractivity contribution in [1.29, 1.82) is 0 Å². The van der Waals surface area contributed by atoms with Crippen LogP contribution in [0.4, 0.5) is 0 Å². The molecule has 0 aliphatic heterocycles. The Bertz CT molecular complexity index is 793. The van der Waals surface area contributed by atoms with E-state index in [1.807, 2.05) is 0 Å². The molecule has 1 N–H and O–H groups in total.